The maximum Gasteiger partial charge on any atom is 0.159 e. The number of benzene rings is 1. The quantitative estimate of drug-likeness (QED) is 0.692. The number of hydrogen-bond acceptors (Lipinski definition) is 2. The van der Waals surface area contributed by atoms with Crippen LogP contribution in [-0.2, 0) is 12.9 Å². The van der Waals surface area contributed by atoms with Crippen LogP contribution in [0.15, 0.2) is 30.3 Å². The van der Waals surface area contributed by atoms with Crippen molar-refractivity contribution in [3.63, 3.8) is 0 Å². The van der Waals surface area contributed by atoms with E-state index in [0.29, 0.717) is 5.88 Å². The lowest BCUT2D eigenvalue weighted by atomic mass is 10.1. The molecule has 0 aliphatic rings. The van der Waals surface area contributed by atoms with Gasteiger partial charge in [0.2, 0.25) is 0 Å². The molecule has 0 amide bonds. The van der Waals surface area contributed by atoms with Gasteiger partial charge in [-0.1, -0.05) is 30.3 Å². The Bertz CT molecular complexity index is 742. The first-order valence-electron chi connectivity index (χ1n) is 6.64. The Morgan fingerprint density at radius 1 is 1.25 bits per heavy atom. The maximum atomic E-state index is 6.08. The van der Waals surface area contributed by atoms with E-state index in [4.69, 9.17) is 11.6 Å². The lowest BCUT2D eigenvalue weighted by molar-refractivity contribution is 0.607. The molecule has 0 aliphatic carbocycles. The molecule has 1 atom stereocenters. The van der Waals surface area contributed by atoms with E-state index in [1.54, 1.807) is 0 Å². The van der Waals surface area contributed by atoms with Crippen LogP contribution >= 0.6 is 11.6 Å². The molecule has 0 radical (unpaired) electrons. The van der Waals surface area contributed by atoms with Crippen LogP contribution in [-0.4, -0.2) is 19.3 Å². The highest BCUT2D eigenvalue weighted by Gasteiger charge is 2.21. The molecule has 0 saturated carbocycles. The van der Waals surface area contributed by atoms with Crippen molar-refractivity contribution in [3.8, 4) is 0 Å². The summed E-state index contributed by atoms with van der Waals surface area (Å²) >= 11 is 6.08. The predicted molar refractivity (Wildman–Crippen MR) is 81.0 cm³/mol. The Balaban J connectivity index is 2.24. The van der Waals surface area contributed by atoms with Crippen LogP contribution < -0.4 is 0 Å². The van der Waals surface area contributed by atoms with E-state index in [-0.39, 0.29) is 6.04 Å². The number of halogens is 1. The fraction of sp³-hybridized carbons (Fsp3) is 0.333. The molecule has 0 N–H and O–H groups in total. The van der Waals surface area contributed by atoms with Gasteiger partial charge in [-0.3, -0.25) is 4.68 Å². The van der Waals surface area contributed by atoms with Crippen molar-refractivity contribution < 1.29 is 0 Å². The number of fused-ring (bicyclic) bond motifs is 1. The minimum Gasteiger partial charge on any atom is -0.305 e. The van der Waals surface area contributed by atoms with Crippen molar-refractivity contribution in [2.75, 3.05) is 0 Å². The minimum absolute atomic E-state index is 0.171. The largest absolute Gasteiger partial charge is 0.305 e. The van der Waals surface area contributed by atoms with Crippen LogP contribution in [0.3, 0.4) is 0 Å². The molecule has 0 spiro atoms. The third-order valence-corrected chi connectivity index (χ3v) is 3.94. The Morgan fingerprint density at radius 3 is 2.60 bits per heavy atom. The average molecular weight is 289 g/mol. The number of aromatic nitrogens is 4. The van der Waals surface area contributed by atoms with E-state index in [2.05, 4.69) is 45.8 Å². The van der Waals surface area contributed by atoms with Gasteiger partial charge >= 0.3 is 0 Å². The highest BCUT2D eigenvalue weighted by atomic mass is 35.5. The third-order valence-electron chi connectivity index (χ3n) is 3.70. The van der Waals surface area contributed by atoms with Gasteiger partial charge in [0, 0.05) is 7.05 Å². The molecule has 20 heavy (non-hydrogen) atoms. The van der Waals surface area contributed by atoms with Crippen LogP contribution in [0.1, 0.15) is 30.0 Å². The Labute approximate surface area is 123 Å². The zero-order valence-electron chi connectivity index (χ0n) is 11.8. The van der Waals surface area contributed by atoms with Gasteiger partial charge in [0.15, 0.2) is 5.65 Å². The molecule has 4 nitrogen and oxygen atoms in total. The van der Waals surface area contributed by atoms with Crippen LogP contribution in [0, 0.1) is 6.92 Å². The van der Waals surface area contributed by atoms with Crippen LogP contribution in [0.5, 0.6) is 0 Å². The molecule has 1 aromatic carbocycles. The van der Waals surface area contributed by atoms with Crippen molar-refractivity contribution in [3.05, 3.63) is 47.4 Å². The number of rotatable bonds is 3. The fourth-order valence-corrected chi connectivity index (χ4v) is 2.91. The van der Waals surface area contributed by atoms with E-state index in [1.165, 1.54) is 5.56 Å². The van der Waals surface area contributed by atoms with Gasteiger partial charge in [-0.2, -0.15) is 5.10 Å². The molecule has 3 rings (SSSR count). The smallest absolute Gasteiger partial charge is 0.159 e. The monoisotopic (exact) mass is 288 g/mol. The topological polar surface area (TPSA) is 35.6 Å². The maximum absolute atomic E-state index is 6.08. The summed E-state index contributed by atoms with van der Waals surface area (Å²) in [5.74, 6) is 1.28. The number of alkyl halides is 1. The molecule has 104 valence electrons. The molecule has 0 bridgehead atoms. The van der Waals surface area contributed by atoms with Crippen LogP contribution in [0.4, 0.5) is 0 Å². The van der Waals surface area contributed by atoms with Gasteiger partial charge in [0.05, 0.1) is 17.6 Å². The molecule has 0 aliphatic heterocycles. The first-order valence-corrected chi connectivity index (χ1v) is 7.18. The second kappa shape index (κ2) is 4.94. The van der Waals surface area contributed by atoms with Gasteiger partial charge < -0.3 is 4.57 Å². The normalized spacial score (nSPS) is 13.0. The van der Waals surface area contributed by atoms with E-state index in [0.717, 1.165) is 22.7 Å². The lowest BCUT2D eigenvalue weighted by Gasteiger charge is -2.17. The molecule has 2 heterocycles. The SMILES string of the molecule is Cc1nn(C)c2c1nc(CCl)n2C(C)c1ccccc1. The highest BCUT2D eigenvalue weighted by molar-refractivity contribution is 6.16. The lowest BCUT2D eigenvalue weighted by Crippen LogP contribution is -2.12. The van der Waals surface area contributed by atoms with Crippen molar-refractivity contribution in [2.24, 2.45) is 7.05 Å². The fourth-order valence-electron chi connectivity index (χ4n) is 2.72. The standard InChI is InChI=1S/C15H17ClN4/c1-10-14-15(19(3)18-10)20(13(9-16)17-14)11(2)12-7-5-4-6-8-12/h4-8,11H,9H2,1-3H3. The molecule has 1 unspecified atom stereocenters. The number of hydrogen-bond donors (Lipinski definition) is 0. The second-order valence-electron chi connectivity index (χ2n) is 5.00. The summed E-state index contributed by atoms with van der Waals surface area (Å²) in [4.78, 5) is 4.65. The first kappa shape index (κ1) is 13.2. The predicted octanol–water partition coefficient (Wildman–Crippen LogP) is 3.43. The third kappa shape index (κ3) is 1.91. The Hall–Kier alpha value is -1.81. The highest BCUT2D eigenvalue weighted by Crippen LogP contribution is 2.27. The summed E-state index contributed by atoms with van der Waals surface area (Å²) < 4.78 is 4.06. The molecule has 5 heteroatoms. The summed E-state index contributed by atoms with van der Waals surface area (Å²) in [6.45, 7) is 4.14. The number of aryl methyl sites for hydroxylation is 2. The molecule has 2 aromatic heterocycles. The van der Waals surface area contributed by atoms with Crippen LogP contribution in [0.2, 0.25) is 0 Å². The average Bonchev–Trinajstić information content (AvgIpc) is 2.98. The van der Waals surface area contributed by atoms with E-state index < -0.39 is 0 Å². The summed E-state index contributed by atoms with van der Waals surface area (Å²) in [6.07, 6.45) is 0. The van der Waals surface area contributed by atoms with Gasteiger partial charge in [-0.15, -0.1) is 11.6 Å². The Kier molecular flexibility index (Phi) is 3.26. The number of nitrogens with zero attached hydrogens (tertiary/aromatic N) is 4. The molecule has 0 saturated heterocycles. The number of imidazole rings is 1. The second-order valence-corrected chi connectivity index (χ2v) is 5.27. The summed E-state index contributed by atoms with van der Waals surface area (Å²) in [5.41, 5.74) is 4.13. The summed E-state index contributed by atoms with van der Waals surface area (Å²) in [5, 5.41) is 4.45. The van der Waals surface area contributed by atoms with Crippen molar-refractivity contribution in [2.45, 2.75) is 25.8 Å². The van der Waals surface area contributed by atoms with Gasteiger partial charge in [-0.25, -0.2) is 4.98 Å². The Morgan fingerprint density at radius 2 is 1.95 bits per heavy atom. The molecular formula is C15H17ClN4. The van der Waals surface area contributed by atoms with E-state index in [1.807, 2.05) is 24.7 Å². The minimum atomic E-state index is 0.171. The first-order chi connectivity index (χ1) is 9.63. The zero-order chi connectivity index (χ0) is 14.3. The van der Waals surface area contributed by atoms with Gasteiger partial charge in [-0.05, 0) is 19.4 Å². The summed E-state index contributed by atoms with van der Waals surface area (Å²) in [7, 11) is 1.95. The van der Waals surface area contributed by atoms with E-state index >= 15 is 0 Å². The van der Waals surface area contributed by atoms with Crippen LogP contribution in [0.25, 0.3) is 11.2 Å². The van der Waals surface area contributed by atoms with Crippen molar-refractivity contribution >= 4 is 22.8 Å². The molecule has 0 fully saturated rings. The molecular weight excluding hydrogens is 272 g/mol. The van der Waals surface area contributed by atoms with E-state index in [9.17, 15) is 0 Å². The van der Waals surface area contributed by atoms with Gasteiger partial charge in [0.1, 0.15) is 11.3 Å². The van der Waals surface area contributed by atoms with Crippen molar-refractivity contribution in [1.29, 1.82) is 0 Å². The van der Waals surface area contributed by atoms with Gasteiger partial charge in [0.25, 0.3) is 0 Å². The van der Waals surface area contributed by atoms with Crippen molar-refractivity contribution in [1.82, 2.24) is 19.3 Å². The zero-order valence-corrected chi connectivity index (χ0v) is 12.6. The molecule has 3 aromatic rings. The summed E-state index contributed by atoms with van der Waals surface area (Å²) in [6, 6.07) is 10.5.